The van der Waals surface area contributed by atoms with Crippen molar-refractivity contribution in [2.75, 3.05) is 10.2 Å². The molecule has 7 heteroatoms. The number of hydrogen-bond donors (Lipinski definition) is 2. The van der Waals surface area contributed by atoms with Crippen LogP contribution in [0.1, 0.15) is 48.3 Å². The maximum atomic E-state index is 14.8. The number of benzene rings is 2. The van der Waals surface area contributed by atoms with Crippen molar-refractivity contribution in [2.45, 2.75) is 50.5 Å². The summed E-state index contributed by atoms with van der Waals surface area (Å²) in [7, 11) is 0. The molecule has 0 spiro atoms. The zero-order valence-electron chi connectivity index (χ0n) is 16.4. The highest BCUT2D eigenvalue weighted by atomic mass is 19.1. The van der Waals surface area contributed by atoms with Crippen molar-refractivity contribution in [3.05, 3.63) is 58.9 Å². The summed E-state index contributed by atoms with van der Waals surface area (Å²) in [5.41, 5.74) is 3.52. The molecular weight excluding hydrogens is 385 g/mol. The SMILES string of the molecule is O=C1CCc2cc(F)c(N3C(=O)NC(CC4CCCc5ccccc54)C3=O)cc2N1. The Morgan fingerprint density at radius 3 is 2.73 bits per heavy atom. The third kappa shape index (κ3) is 3.14. The van der Waals surface area contributed by atoms with Crippen LogP contribution >= 0.6 is 0 Å². The van der Waals surface area contributed by atoms with Crippen LogP contribution in [0, 0.1) is 5.82 Å². The van der Waals surface area contributed by atoms with Crippen molar-refractivity contribution in [3.63, 3.8) is 0 Å². The molecule has 2 aromatic carbocycles. The lowest BCUT2D eigenvalue weighted by atomic mass is 9.79. The van der Waals surface area contributed by atoms with Crippen LogP contribution in [0.15, 0.2) is 36.4 Å². The maximum absolute atomic E-state index is 14.8. The Balaban J connectivity index is 1.41. The van der Waals surface area contributed by atoms with Crippen LogP contribution in [0.25, 0.3) is 0 Å². The van der Waals surface area contributed by atoms with Crippen molar-refractivity contribution >= 4 is 29.2 Å². The van der Waals surface area contributed by atoms with Gasteiger partial charge in [0.05, 0.1) is 5.69 Å². The fourth-order valence-corrected chi connectivity index (χ4v) is 4.86. The predicted octanol–water partition coefficient (Wildman–Crippen LogP) is 3.65. The monoisotopic (exact) mass is 407 g/mol. The van der Waals surface area contributed by atoms with Crippen LogP contribution in [-0.2, 0) is 22.4 Å². The molecule has 0 radical (unpaired) electrons. The Morgan fingerprint density at radius 2 is 1.87 bits per heavy atom. The van der Waals surface area contributed by atoms with Gasteiger partial charge in [0.1, 0.15) is 11.9 Å². The van der Waals surface area contributed by atoms with E-state index in [0.29, 0.717) is 30.5 Å². The summed E-state index contributed by atoms with van der Waals surface area (Å²) < 4.78 is 14.8. The number of imide groups is 1. The Morgan fingerprint density at radius 1 is 1.03 bits per heavy atom. The number of nitrogens with zero attached hydrogens (tertiary/aromatic N) is 1. The second kappa shape index (κ2) is 7.23. The highest BCUT2D eigenvalue weighted by Crippen LogP contribution is 2.37. The quantitative estimate of drug-likeness (QED) is 0.763. The molecule has 154 valence electrons. The summed E-state index contributed by atoms with van der Waals surface area (Å²) in [6, 6.07) is 9.57. The summed E-state index contributed by atoms with van der Waals surface area (Å²) in [6.45, 7) is 0. The number of fused-ring (bicyclic) bond motifs is 2. The third-order valence-electron chi connectivity index (χ3n) is 6.34. The number of anilines is 2. The van der Waals surface area contributed by atoms with Gasteiger partial charge in [-0.1, -0.05) is 24.3 Å². The Kier molecular flexibility index (Phi) is 4.53. The van der Waals surface area contributed by atoms with Gasteiger partial charge in [-0.05, 0) is 66.8 Å². The van der Waals surface area contributed by atoms with E-state index in [-0.39, 0.29) is 17.5 Å². The molecule has 2 aliphatic heterocycles. The first-order chi connectivity index (χ1) is 14.5. The van der Waals surface area contributed by atoms with Gasteiger partial charge in [0, 0.05) is 12.1 Å². The van der Waals surface area contributed by atoms with Crippen LogP contribution in [0.3, 0.4) is 0 Å². The largest absolute Gasteiger partial charge is 0.329 e. The van der Waals surface area contributed by atoms with Gasteiger partial charge in [-0.2, -0.15) is 0 Å². The van der Waals surface area contributed by atoms with Gasteiger partial charge in [-0.3, -0.25) is 9.59 Å². The number of nitrogens with one attached hydrogen (secondary N) is 2. The molecule has 5 rings (SSSR count). The number of hydrogen-bond acceptors (Lipinski definition) is 3. The van der Waals surface area contributed by atoms with Gasteiger partial charge in [-0.25, -0.2) is 14.1 Å². The lowest BCUT2D eigenvalue weighted by molar-refractivity contribution is -0.118. The number of rotatable bonds is 3. The van der Waals surface area contributed by atoms with Crippen molar-refractivity contribution < 1.29 is 18.8 Å². The van der Waals surface area contributed by atoms with Gasteiger partial charge in [0.2, 0.25) is 5.91 Å². The minimum atomic E-state index is -0.696. The van der Waals surface area contributed by atoms with Crippen molar-refractivity contribution in [2.24, 2.45) is 0 Å². The first kappa shape index (κ1) is 18.8. The van der Waals surface area contributed by atoms with E-state index in [4.69, 9.17) is 0 Å². The molecule has 2 atom stereocenters. The second-order valence-electron chi connectivity index (χ2n) is 8.21. The molecule has 4 amide bonds. The topological polar surface area (TPSA) is 78.5 Å². The Labute approximate surface area is 173 Å². The number of amides is 4. The van der Waals surface area contributed by atoms with Crippen LogP contribution in [0.5, 0.6) is 0 Å². The molecule has 0 saturated carbocycles. The summed E-state index contributed by atoms with van der Waals surface area (Å²) in [5, 5.41) is 5.42. The lowest BCUT2D eigenvalue weighted by Gasteiger charge is -2.27. The molecule has 1 saturated heterocycles. The fraction of sp³-hybridized carbons (Fsp3) is 0.348. The molecule has 6 nitrogen and oxygen atoms in total. The molecule has 0 bridgehead atoms. The lowest BCUT2D eigenvalue weighted by Crippen LogP contribution is -2.33. The summed E-state index contributed by atoms with van der Waals surface area (Å²) in [6.07, 6.45) is 4.23. The highest BCUT2D eigenvalue weighted by molar-refractivity contribution is 6.21. The van der Waals surface area contributed by atoms with Gasteiger partial charge in [0.15, 0.2) is 0 Å². The van der Waals surface area contributed by atoms with Crippen LogP contribution in [-0.4, -0.2) is 23.9 Å². The first-order valence-electron chi connectivity index (χ1n) is 10.4. The fourth-order valence-electron chi connectivity index (χ4n) is 4.86. The zero-order valence-corrected chi connectivity index (χ0v) is 16.4. The normalized spacial score (nSPS) is 23.0. The average molecular weight is 407 g/mol. The van der Waals surface area contributed by atoms with Gasteiger partial charge in [-0.15, -0.1) is 0 Å². The average Bonchev–Trinajstić information content (AvgIpc) is 3.01. The Bertz CT molecular complexity index is 1070. The van der Waals surface area contributed by atoms with E-state index in [9.17, 15) is 18.8 Å². The van der Waals surface area contributed by atoms with Crippen molar-refractivity contribution in [1.82, 2.24) is 5.32 Å². The van der Waals surface area contributed by atoms with E-state index in [1.807, 2.05) is 12.1 Å². The molecular formula is C23H22FN3O3. The summed E-state index contributed by atoms with van der Waals surface area (Å²) >= 11 is 0. The number of carbonyl (C=O) groups is 3. The molecule has 1 aliphatic carbocycles. The standard InChI is InChI=1S/C23H22FN3O3/c24-17-10-15-8-9-21(28)25-18(15)12-20(17)27-22(29)19(26-23(27)30)11-14-6-3-5-13-4-1-2-7-16(13)14/h1-2,4,7,10,12,14,19H,3,5-6,8-9,11H2,(H,25,28)(H,26,30). The molecule has 1 fully saturated rings. The molecule has 2 unspecified atom stereocenters. The first-order valence-corrected chi connectivity index (χ1v) is 10.4. The number of halogens is 1. The van der Waals surface area contributed by atoms with Gasteiger partial charge < -0.3 is 10.6 Å². The summed E-state index contributed by atoms with van der Waals surface area (Å²) in [5.74, 6) is -1.08. The van der Waals surface area contributed by atoms with E-state index in [0.717, 1.165) is 24.2 Å². The Hall–Kier alpha value is -3.22. The van der Waals surface area contributed by atoms with Gasteiger partial charge in [0.25, 0.3) is 5.91 Å². The molecule has 2 N–H and O–H groups in total. The third-order valence-corrected chi connectivity index (χ3v) is 6.34. The van der Waals surface area contributed by atoms with E-state index in [2.05, 4.69) is 22.8 Å². The van der Waals surface area contributed by atoms with E-state index >= 15 is 0 Å². The predicted molar refractivity (Wildman–Crippen MR) is 110 cm³/mol. The van der Waals surface area contributed by atoms with Crippen LogP contribution < -0.4 is 15.5 Å². The van der Waals surface area contributed by atoms with E-state index in [1.54, 1.807) is 0 Å². The summed E-state index contributed by atoms with van der Waals surface area (Å²) in [4.78, 5) is 38.2. The maximum Gasteiger partial charge on any atom is 0.329 e. The van der Waals surface area contributed by atoms with Crippen molar-refractivity contribution in [3.8, 4) is 0 Å². The smallest absolute Gasteiger partial charge is 0.326 e. The molecule has 30 heavy (non-hydrogen) atoms. The van der Waals surface area contributed by atoms with Crippen LogP contribution in [0.4, 0.5) is 20.6 Å². The highest BCUT2D eigenvalue weighted by Gasteiger charge is 2.42. The van der Waals surface area contributed by atoms with Crippen molar-refractivity contribution in [1.29, 1.82) is 0 Å². The molecule has 3 aliphatic rings. The van der Waals surface area contributed by atoms with Gasteiger partial charge >= 0.3 is 6.03 Å². The van der Waals surface area contributed by atoms with E-state index < -0.39 is 23.8 Å². The minimum absolute atomic E-state index is 0.120. The number of carbonyl (C=O) groups excluding carboxylic acids is 3. The molecule has 2 heterocycles. The second-order valence-corrected chi connectivity index (χ2v) is 8.21. The number of aryl methyl sites for hydroxylation is 2. The molecule has 2 aromatic rings. The van der Waals surface area contributed by atoms with Crippen LogP contribution in [0.2, 0.25) is 0 Å². The molecule has 0 aromatic heterocycles. The number of urea groups is 1. The van der Waals surface area contributed by atoms with E-state index in [1.165, 1.54) is 23.3 Å². The minimum Gasteiger partial charge on any atom is -0.326 e. The zero-order chi connectivity index (χ0) is 20.8.